The highest BCUT2D eigenvalue weighted by Crippen LogP contribution is 2.25. The standard InChI is InChI=1S/C16H15NO3/c1-2-14(18)11-7-9-12(10-8-11)20-15-6-4-3-5-13(15)16(17)19/h3-10H,2H2,1H3,(H2,17,19). The third kappa shape index (κ3) is 3.03. The van der Waals surface area contributed by atoms with Crippen molar-refractivity contribution in [1.29, 1.82) is 0 Å². The van der Waals surface area contributed by atoms with Crippen LogP contribution >= 0.6 is 0 Å². The fourth-order valence-corrected chi connectivity index (χ4v) is 1.80. The lowest BCUT2D eigenvalue weighted by Crippen LogP contribution is -2.11. The zero-order valence-corrected chi connectivity index (χ0v) is 11.1. The summed E-state index contributed by atoms with van der Waals surface area (Å²) in [7, 11) is 0. The summed E-state index contributed by atoms with van der Waals surface area (Å²) in [4.78, 5) is 22.8. The number of amides is 1. The smallest absolute Gasteiger partial charge is 0.252 e. The average Bonchev–Trinajstić information content (AvgIpc) is 2.47. The van der Waals surface area contributed by atoms with Crippen LogP contribution in [0.25, 0.3) is 0 Å². The topological polar surface area (TPSA) is 69.4 Å². The molecule has 102 valence electrons. The predicted octanol–water partition coefficient (Wildman–Crippen LogP) is 3.17. The number of ketones is 1. The van der Waals surface area contributed by atoms with E-state index in [0.717, 1.165) is 0 Å². The Hall–Kier alpha value is -2.62. The fraction of sp³-hybridized carbons (Fsp3) is 0.125. The molecule has 0 aliphatic carbocycles. The summed E-state index contributed by atoms with van der Waals surface area (Å²) in [5.41, 5.74) is 6.25. The lowest BCUT2D eigenvalue weighted by molar-refractivity contribution is 0.0984. The molecule has 2 aromatic rings. The van der Waals surface area contributed by atoms with Gasteiger partial charge in [0, 0.05) is 12.0 Å². The van der Waals surface area contributed by atoms with Crippen molar-refractivity contribution in [2.24, 2.45) is 5.73 Å². The molecule has 0 saturated heterocycles. The molecular formula is C16H15NO3. The lowest BCUT2D eigenvalue weighted by atomic mass is 10.1. The molecule has 0 bridgehead atoms. The Morgan fingerprint density at radius 1 is 1.05 bits per heavy atom. The second kappa shape index (κ2) is 6.02. The first-order valence-electron chi connectivity index (χ1n) is 6.31. The van der Waals surface area contributed by atoms with Crippen LogP contribution in [-0.2, 0) is 0 Å². The quantitative estimate of drug-likeness (QED) is 0.847. The van der Waals surface area contributed by atoms with Gasteiger partial charge in [0.05, 0.1) is 5.56 Å². The fourth-order valence-electron chi connectivity index (χ4n) is 1.80. The first-order chi connectivity index (χ1) is 9.61. The van der Waals surface area contributed by atoms with Crippen LogP contribution in [0.1, 0.15) is 34.1 Å². The van der Waals surface area contributed by atoms with Gasteiger partial charge in [-0.25, -0.2) is 0 Å². The number of hydrogen-bond donors (Lipinski definition) is 1. The molecule has 0 aliphatic rings. The van der Waals surface area contributed by atoms with Gasteiger partial charge >= 0.3 is 0 Å². The number of nitrogens with two attached hydrogens (primary N) is 1. The van der Waals surface area contributed by atoms with Crippen molar-refractivity contribution in [3.05, 3.63) is 59.7 Å². The number of rotatable bonds is 5. The highest BCUT2D eigenvalue weighted by molar-refractivity contribution is 5.96. The molecule has 0 unspecified atom stereocenters. The molecule has 0 saturated carbocycles. The number of primary amides is 1. The Balaban J connectivity index is 2.23. The van der Waals surface area contributed by atoms with Crippen molar-refractivity contribution in [3.8, 4) is 11.5 Å². The van der Waals surface area contributed by atoms with E-state index >= 15 is 0 Å². The van der Waals surface area contributed by atoms with Crippen LogP contribution in [0.4, 0.5) is 0 Å². The summed E-state index contributed by atoms with van der Waals surface area (Å²) in [5.74, 6) is 0.480. The number of hydrogen-bond acceptors (Lipinski definition) is 3. The molecule has 0 radical (unpaired) electrons. The molecular weight excluding hydrogens is 254 g/mol. The van der Waals surface area contributed by atoms with Gasteiger partial charge in [-0.05, 0) is 36.4 Å². The van der Waals surface area contributed by atoms with E-state index in [1.165, 1.54) is 0 Å². The SMILES string of the molecule is CCC(=O)c1ccc(Oc2ccccc2C(N)=O)cc1. The van der Waals surface area contributed by atoms with Crippen molar-refractivity contribution in [3.63, 3.8) is 0 Å². The molecule has 0 aliphatic heterocycles. The molecule has 0 heterocycles. The van der Waals surface area contributed by atoms with Crippen molar-refractivity contribution < 1.29 is 14.3 Å². The first kappa shape index (κ1) is 13.8. The third-order valence-corrected chi connectivity index (χ3v) is 2.88. The minimum Gasteiger partial charge on any atom is -0.457 e. The summed E-state index contributed by atoms with van der Waals surface area (Å²) < 4.78 is 5.63. The molecule has 2 rings (SSSR count). The summed E-state index contributed by atoms with van der Waals surface area (Å²) in [5, 5.41) is 0. The highest BCUT2D eigenvalue weighted by Gasteiger charge is 2.09. The molecule has 0 atom stereocenters. The Kier molecular flexibility index (Phi) is 4.15. The van der Waals surface area contributed by atoms with Gasteiger partial charge in [0.15, 0.2) is 5.78 Å². The van der Waals surface area contributed by atoms with E-state index in [-0.39, 0.29) is 5.78 Å². The van der Waals surface area contributed by atoms with Gasteiger partial charge in [-0.2, -0.15) is 0 Å². The van der Waals surface area contributed by atoms with Crippen LogP contribution in [0.3, 0.4) is 0 Å². The van der Waals surface area contributed by atoms with E-state index in [4.69, 9.17) is 10.5 Å². The zero-order chi connectivity index (χ0) is 14.5. The van der Waals surface area contributed by atoms with Gasteiger partial charge in [0.25, 0.3) is 5.91 Å². The number of carbonyl (C=O) groups is 2. The Bertz CT molecular complexity index is 632. The Morgan fingerprint density at radius 3 is 2.30 bits per heavy atom. The summed E-state index contributed by atoms with van der Waals surface area (Å²) in [6, 6.07) is 13.5. The molecule has 0 spiro atoms. The Morgan fingerprint density at radius 2 is 1.70 bits per heavy atom. The second-order valence-electron chi connectivity index (χ2n) is 4.26. The van der Waals surface area contributed by atoms with Gasteiger partial charge in [0.1, 0.15) is 11.5 Å². The van der Waals surface area contributed by atoms with Gasteiger partial charge in [-0.15, -0.1) is 0 Å². The van der Waals surface area contributed by atoms with Crippen LogP contribution in [0.5, 0.6) is 11.5 Å². The first-order valence-corrected chi connectivity index (χ1v) is 6.31. The molecule has 2 aromatic carbocycles. The lowest BCUT2D eigenvalue weighted by Gasteiger charge is -2.09. The second-order valence-corrected chi connectivity index (χ2v) is 4.26. The minimum absolute atomic E-state index is 0.0779. The van der Waals surface area contributed by atoms with E-state index in [2.05, 4.69) is 0 Å². The summed E-state index contributed by atoms with van der Waals surface area (Å²) >= 11 is 0. The third-order valence-electron chi connectivity index (χ3n) is 2.88. The molecule has 4 heteroatoms. The normalized spacial score (nSPS) is 10.1. The Labute approximate surface area is 117 Å². The minimum atomic E-state index is -0.543. The molecule has 20 heavy (non-hydrogen) atoms. The number of Topliss-reactive ketones (excluding diaryl/α,β-unsaturated/α-hetero) is 1. The van der Waals surface area contributed by atoms with E-state index in [0.29, 0.717) is 29.0 Å². The maximum absolute atomic E-state index is 11.5. The molecule has 4 nitrogen and oxygen atoms in total. The van der Waals surface area contributed by atoms with E-state index in [1.54, 1.807) is 48.5 Å². The van der Waals surface area contributed by atoms with Crippen molar-refractivity contribution in [2.45, 2.75) is 13.3 Å². The van der Waals surface area contributed by atoms with E-state index < -0.39 is 5.91 Å². The number of ether oxygens (including phenoxy) is 1. The van der Waals surface area contributed by atoms with Crippen LogP contribution in [0.15, 0.2) is 48.5 Å². The van der Waals surface area contributed by atoms with Crippen molar-refractivity contribution in [2.75, 3.05) is 0 Å². The zero-order valence-electron chi connectivity index (χ0n) is 11.1. The predicted molar refractivity (Wildman–Crippen MR) is 76.1 cm³/mol. The van der Waals surface area contributed by atoms with E-state index in [9.17, 15) is 9.59 Å². The van der Waals surface area contributed by atoms with Crippen LogP contribution < -0.4 is 10.5 Å². The maximum atomic E-state index is 11.5. The van der Waals surface area contributed by atoms with Crippen LogP contribution in [-0.4, -0.2) is 11.7 Å². The monoisotopic (exact) mass is 269 g/mol. The van der Waals surface area contributed by atoms with E-state index in [1.807, 2.05) is 6.92 Å². The van der Waals surface area contributed by atoms with Crippen molar-refractivity contribution in [1.82, 2.24) is 0 Å². The number of benzene rings is 2. The van der Waals surface area contributed by atoms with Gasteiger partial charge in [0.2, 0.25) is 0 Å². The summed E-state index contributed by atoms with van der Waals surface area (Å²) in [6.07, 6.45) is 0.463. The molecule has 2 N–H and O–H groups in total. The molecule has 0 fully saturated rings. The molecule has 0 aromatic heterocycles. The van der Waals surface area contributed by atoms with Gasteiger partial charge < -0.3 is 10.5 Å². The van der Waals surface area contributed by atoms with Crippen LogP contribution in [0, 0.1) is 0 Å². The van der Waals surface area contributed by atoms with Crippen LogP contribution in [0.2, 0.25) is 0 Å². The van der Waals surface area contributed by atoms with Gasteiger partial charge in [-0.1, -0.05) is 19.1 Å². The largest absolute Gasteiger partial charge is 0.457 e. The number of para-hydroxylation sites is 1. The summed E-state index contributed by atoms with van der Waals surface area (Å²) in [6.45, 7) is 1.82. The number of carbonyl (C=O) groups excluding carboxylic acids is 2. The van der Waals surface area contributed by atoms with Crippen molar-refractivity contribution >= 4 is 11.7 Å². The maximum Gasteiger partial charge on any atom is 0.252 e. The van der Waals surface area contributed by atoms with Gasteiger partial charge in [-0.3, -0.25) is 9.59 Å². The average molecular weight is 269 g/mol. The molecule has 1 amide bonds. The highest BCUT2D eigenvalue weighted by atomic mass is 16.5.